The zero-order valence-electron chi connectivity index (χ0n) is 16.9. The third-order valence-electron chi connectivity index (χ3n) is 4.82. The molecule has 30 heavy (non-hydrogen) atoms. The fraction of sp³-hybridized carbons (Fsp3) is 0.120. The molecule has 3 aromatic rings. The number of ether oxygens (including phenoxy) is 3. The minimum absolute atomic E-state index is 0.183. The SMILES string of the molecule is COc1ccc(C(=O)Oc2cc(C)c3c(c2)O/C(=C\c2cccc(C)c2)C3=O)cc1. The van der Waals surface area contributed by atoms with E-state index in [4.69, 9.17) is 14.2 Å². The Balaban J connectivity index is 1.58. The maximum absolute atomic E-state index is 12.8. The second-order valence-corrected chi connectivity index (χ2v) is 7.09. The minimum atomic E-state index is -0.503. The average Bonchev–Trinajstić information content (AvgIpc) is 3.03. The van der Waals surface area contributed by atoms with Gasteiger partial charge in [0.05, 0.1) is 18.2 Å². The number of rotatable bonds is 4. The first-order valence-electron chi connectivity index (χ1n) is 9.46. The van der Waals surface area contributed by atoms with Crippen molar-refractivity contribution < 1.29 is 23.8 Å². The molecule has 0 radical (unpaired) electrons. The predicted octanol–water partition coefficient (Wildman–Crippen LogP) is 5.15. The van der Waals surface area contributed by atoms with Gasteiger partial charge in [0, 0.05) is 6.07 Å². The zero-order chi connectivity index (χ0) is 21.3. The molecule has 150 valence electrons. The smallest absolute Gasteiger partial charge is 0.343 e. The van der Waals surface area contributed by atoms with Crippen molar-refractivity contribution in [3.05, 3.63) is 94.2 Å². The molecule has 0 aromatic heterocycles. The fourth-order valence-electron chi connectivity index (χ4n) is 3.34. The first-order chi connectivity index (χ1) is 14.4. The van der Waals surface area contributed by atoms with Crippen LogP contribution in [0.5, 0.6) is 17.2 Å². The highest BCUT2D eigenvalue weighted by Gasteiger charge is 2.30. The third-order valence-corrected chi connectivity index (χ3v) is 4.82. The van der Waals surface area contributed by atoms with Crippen LogP contribution < -0.4 is 14.2 Å². The second kappa shape index (κ2) is 7.87. The first kappa shape index (κ1) is 19.5. The zero-order valence-corrected chi connectivity index (χ0v) is 16.9. The van der Waals surface area contributed by atoms with Gasteiger partial charge in [-0.3, -0.25) is 4.79 Å². The van der Waals surface area contributed by atoms with Gasteiger partial charge in [0.1, 0.15) is 17.2 Å². The molecule has 0 atom stereocenters. The standard InChI is InChI=1S/C25H20O5/c1-15-5-4-6-17(11-15)13-22-24(26)23-16(2)12-20(14-21(23)30-22)29-25(27)18-7-9-19(28-3)10-8-18/h4-14H,1-3H3/b22-13-. The fourth-order valence-corrected chi connectivity index (χ4v) is 3.34. The molecule has 5 heteroatoms. The first-order valence-corrected chi connectivity index (χ1v) is 9.46. The lowest BCUT2D eigenvalue weighted by Crippen LogP contribution is -2.08. The summed E-state index contributed by atoms with van der Waals surface area (Å²) in [4.78, 5) is 25.3. The normalized spacial score (nSPS) is 13.7. The van der Waals surface area contributed by atoms with E-state index in [1.54, 1.807) is 56.5 Å². The molecule has 4 rings (SSSR count). The molecule has 5 nitrogen and oxygen atoms in total. The molecular formula is C25H20O5. The van der Waals surface area contributed by atoms with Crippen molar-refractivity contribution in [2.75, 3.05) is 7.11 Å². The van der Waals surface area contributed by atoms with Crippen LogP contribution >= 0.6 is 0 Å². The summed E-state index contributed by atoms with van der Waals surface area (Å²) in [6.07, 6.45) is 1.72. The molecule has 1 aliphatic rings. The summed E-state index contributed by atoms with van der Waals surface area (Å²) in [6, 6.07) is 17.7. The van der Waals surface area contributed by atoms with Gasteiger partial charge in [-0.15, -0.1) is 0 Å². The highest BCUT2D eigenvalue weighted by atomic mass is 16.5. The van der Waals surface area contributed by atoms with Crippen LogP contribution in [0.2, 0.25) is 0 Å². The van der Waals surface area contributed by atoms with Crippen LogP contribution in [0, 0.1) is 13.8 Å². The Bertz CT molecular complexity index is 1170. The van der Waals surface area contributed by atoms with Crippen molar-refractivity contribution in [1.82, 2.24) is 0 Å². The van der Waals surface area contributed by atoms with E-state index >= 15 is 0 Å². The van der Waals surface area contributed by atoms with Crippen LogP contribution in [0.15, 0.2) is 66.4 Å². The lowest BCUT2D eigenvalue weighted by molar-refractivity contribution is 0.0734. The van der Waals surface area contributed by atoms with Gasteiger partial charge in [-0.25, -0.2) is 4.79 Å². The highest BCUT2D eigenvalue weighted by molar-refractivity contribution is 6.15. The lowest BCUT2D eigenvalue weighted by atomic mass is 10.0. The Labute approximate surface area is 174 Å². The Morgan fingerprint density at radius 2 is 1.73 bits per heavy atom. The largest absolute Gasteiger partial charge is 0.497 e. The van der Waals surface area contributed by atoms with Crippen molar-refractivity contribution in [2.45, 2.75) is 13.8 Å². The second-order valence-electron chi connectivity index (χ2n) is 7.09. The van der Waals surface area contributed by atoms with E-state index in [2.05, 4.69) is 0 Å². The Morgan fingerprint density at radius 3 is 2.43 bits per heavy atom. The van der Waals surface area contributed by atoms with Gasteiger partial charge in [0.25, 0.3) is 0 Å². The van der Waals surface area contributed by atoms with Gasteiger partial charge in [-0.1, -0.05) is 29.8 Å². The van der Waals surface area contributed by atoms with Gasteiger partial charge in [-0.2, -0.15) is 0 Å². The van der Waals surface area contributed by atoms with E-state index in [1.165, 1.54) is 0 Å². The number of allylic oxidation sites excluding steroid dienone is 1. The number of Topliss-reactive ketones (excluding diaryl/α,β-unsaturated/α-hetero) is 1. The summed E-state index contributed by atoms with van der Waals surface area (Å²) < 4.78 is 16.4. The van der Waals surface area contributed by atoms with Crippen molar-refractivity contribution in [3.8, 4) is 17.2 Å². The van der Waals surface area contributed by atoms with Crippen LogP contribution in [-0.2, 0) is 0 Å². The molecule has 0 aliphatic carbocycles. The molecule has 3 aromatic carbocycles. The molecule has 1 aliphatic heterocycles. The molecule has 0 saturated heterocycles. The molecule has 0 fully saturated rings. The Kier molecular flexibility index (Phi) is 5.11. The van der Waals surface area contributed by atoms with E-state index < -0.39 is 5.97 Å². The molecule has 0 bridgehead atoms. The topological polar surface area (TPSA) is 61.8 Å². The van der Waals surface area contributed by atoms with Crippen molar-refractivity contribution in [2.24, 2.45) is 0 Å². The average molecular weight is 400 g/mol. The van der Waals surface area contributed by atoms with Crippen LogP contribution in [-0.4, -0.2) is 18.9 Å². The van der Waals surface area contributed by atoms with Gasteiger partial charge in [0.15, 0.2) is 5.76 Å². The summed E-state index contributed by atoms with van der Waals surface area (Å²) in [5.41, 5.74) is 3.54. The van der Waals surface area contributed by atoms with Gasteiger partial charge in [-0.05, 0) is 61.4 Å². The van der Waals surface area contributed by atoms with E-state index in [0.29, 0.717) is 33.9 Å². The van der Waals surface area contributed by atoms with Gasteiger partial charge >= 0.3 is 5.97 Å². The molecule has 1 heterocycles. The summed E-state index contributed by atoms with van der Waals surface area (Å²) in [7, 11) is 1.56. The quantitative estimate of drug-likeness (QED) is 0.344. The highest BCUT2D eigenvalue weighted by Crippen LogP contribution is 2.37. The van der Waals surface area contributed by atoms with Crippen LogP contribution in [0.3, 0.4) is 0 Å². The number of hydrogen-bond acceptors (Lipinski definition) is 5. The number of carbonyl (C=O) groups excluding carboxylic acids is 2. The van der Waals surface area contributed by atoms with Crippen LogP contribution in [0.4, 0.5) is 0 Å². The number of benzene rings is 3. The molecule has 0 saturated carbocycles. The maximum atomic E-state index is 12.8. The number of fused-ring (bicyclic) bond motifs is 1. The van der Waals surface area contributed by atoms with E-state index in [9.17, 15) is 9.59 Å². The van der Waals surface area contributed by atoms with Crippen LogP contribution in [0.1, 0.15) is 37.4 Å². The van der Waals surface area contributed by atoms with Gasteiger partial charge in [0.2, 0.25) is 5.78 Å². The molecule has 0 spiro atoms. The number of hydrogen-bond donors (Lipinski definition) is 0. The van der Waals surface area contributed by atoms with Crippen molar-refractivity contribution in [3.63, 3.8) is 0 Å². The van der Waals surface area contributed by atoms with E-state index in [0.717, 1.165) is 11.1 Å². The van der Waals surface area contributed by atoms with Gasteiger partial charge < -0.3 is 14.2 Å². The number of ketones is 1. The van der Waals surface area contributed by atoms with E-state index in [1.807, 2.05) is 31.2 Å². The molecular weight excluding hydrogens is 380 g/mol. The summed E-state index contributed by atoms with van der Waals surface area (Å²) >= 11 is 0. The number of carbonyl (C=O) groups is 2. The monoisotopic (exact) mass is 400 g/mol. The molecule has 0 N–H and O–H groups in total. The number of aryl methyl sites for hydroxylation is 2. The molecule has 0 amide bonds. The number of methoxy groups -OCH3 is 1. The summed E-state index contributed by atoms with van der Waals surface area (Å²) in [5, 5.41) is 0. The van der Waals surface area contributed by atoms with Crippen LogP contribution in [0.25, 0.3) is 6.08 Å². The Hall–Kier alpha value is -3.86. The molecule has 0 unspecified atom stereocenters. The Morgan fingerprint density at radius 1 is 0.967 bits per heavy atom. The maximum Gasteiger partial charge on any atom is 0.343 e. The van der Waals surface area contributed by atoms with E-state index in [-0.39, 0.29) is 11.5 Å². The minimum Gasteiger partial charge on any atom is -0.497 e. The van der Waals surface area contributed by atoms with Crippen molar-refractivity contribution in [1.29, 1.82) is 0 Å². The predicted molar refractivity (Wildman–Crippen MR) is 113 cm³/mol. The summed E-state index contributed by atoms with van der Waals surface area (Å²) in [5.74, 6) is 0.916. The lowest BCUT2D eigenvalue weighted by Gasteiger charge is -2.08. The number of esters is 1. The third kappa shape index (κ3) is 3.82. The summed E-state index contributed by atoms with van der Waals surface area (Å²) in [6.45, 7) is 3.78. The van der Waals surface area contributed by atoms with Crippen molar-refractivity contribution >= 4 is 17.8 Å².